The number of carboxylic acids is 1. The van der Waals surface area contributed by atoms with E-state index in [-0.39, 0.29) is 45.3 Å². The van der Waals surface area contributed by atoms with Gasteiger partial charge in [-0.2, -0.15) is 4.98 Å². The molecule has 1 saturated heterocycles. The SMILES string of the molecule is Cc1cccc(C)c1-c1cc(OC[C@@H](CC(C)(C)C)NCC2OCCC2(C)C)nc(NS(=O)(=O)c2cccc(C(=O)O)c2)n1. The second-order valence-electron chi connectivity index (χ2n) is 13.4. The van der Waals surface area contributed by atoms with Crippen LogP contribution in [0.3, 0.4) is 0 Å². The molecule has 3 N–H and O–H groups in total. The average molecular weight is 625 g/mol. The minimum atomic E-state index is -4.21. The molecule has 0 spiro atoms. The van der Waals surface area contributed by atoms with Gasteiger partial charge in [-0.3, -0.25) is 0 Å². The molecule has 10 nitrogen and oxygen atoms in total. The van der Waals surface area contributed by atoms with E-state index >= 15 is 0 Å². The van der Waals surface area contributed by atoms with E-state index in [1.54, 1.807) is 6.07 Å². The quantitative estimate of drug-likeness (QED) is 0.226. The van der Waals surface area contributed by atoms with E-state index in [1.807, 2.05) is 32.0 Å². The number of nitrogens with one attached hydrogen (secondary N) is 2. The molecule has 3 aromatic rings. The van der Waals surface area contributed by atoms with E-state index in [0.29, 0.717) is 18.8 Å². The predicted molar refractivity (Wildman–Crippen MR) is 171 cm³/mol. The predicted octanol–water partition coefficient (Wildman–Crippen LogP) is 5.85. The summed E-state index contributed by atoms with van der Waals surface area (Å²) in [5.41, 5.74) is 3.23. The zero-order chi connectivity index (χ0) is 32.3. The molecule has 0 radical (unpaired) electrons. The summed E-state index contributed by atoms with van der Waals surface area (Å²) in [7, 11) is -4.21. The number of ether oxygens (including phenoxy) is 2. The molecule has 1 aliphatic rings. The zero-order valence-corrected chi connectivity index (χ0v) is 27.4. The minimum absolute atomic E-state index is 0.0208. The number of carboxylic acid groups (broad SMARTS) is 1. The summed E-state index contributed by atoms with van der Waals surface area (Å²) < 4.78 is 41.3. The molecule has 1 unspecified atom stereocenters. The summed E-state index contributed by atoms with van der Waals surface area (Å²) in [5, 5.41) is 13.0. The van der Waals surface area contributed by atoms with Crippen molar-refractivity contribution in [3.8, 4) is 17.1 Å². The molecule has 0 saturated carbocycles. The van der Waals surface area contributed by atoms with E-state index < -0.39 is 16.0 Å². The van der Waals surface area contributed by atoms with Gasteiger partial charge in [-0.05, 0) is 66.8 Å². The number of aromatic nitrogens is 2. The van der Waals surface area contributed by atoms with Gasteiger partial charge in [-0.1, -0.05) is 58.9 Å². The van der Waals surface area contributed by atoms with Crippen molar-refractivity contribution < 1.29 is 27.8 Å². The number of hydrogen-bond acceptors (Lipinski definition) is 8. The molecule has 4 rings (SSSR count). The second-order valence-corrected chi connectivity index (χ2v) is 15.1. The standard InChI is InChI=1S/C33H44N4O6S/c1-21-10-8-11-22(2)29(21)26-17-28(36-31(35-26)37-44(40,41)25-13-9-12-23(16-25)30(38)39)43-20-24(18-32(3,4)5)34-19-27-33(6,7)14-15-42-27/h8-13,16-17,24,27,34H,14-15,18-20H2,1-7H3,(H,38,39)(H,35,36,37)/t24-,27?/m1/s1. The molecule has 11 heteroatoms. The van der Waals surface area contributed by atoms with E-state index in [0.717, 1.165) is 42.2 Å². The molecule has 0 amide bonds. The molecule has 2 heterocycles. The molecular weight excluding hydrogens is 580 g/mol. The van der Waals surface area contributed by atoms with E-state index in [4.69, 9.17) is 9.47 Å². The fourth-order valence-corrected chi connectivity index (χ4v) is 6.43. The number of aromatic carboxylic acids is 1. The van der Waals surface area contributed by atoms with Crippen LogP contribution >= 0.6 is 0 Å². The third-order valence-corrected chi connectivity index (χ3v) is 9.20. The lowest BCUT2D eigenvalue weighted by atomic mass is 9.85. The molecule has 44 heavy (non-hydrogen) atoms. The van der Waals surface area contributed by atoms with Gasteiger partial charge >= 0.3 is 5.97 Å². The van der Waals surface area contributed by atoms with Crippen LogP contribution in [0.15, 0.2) is 53.4 Å². The Morgan fingerprint density at radius 3 is 2.41 bits per heavy atom. The number of nitrogens with zero attached hydrogens (tertiary/aromatic N) is 2. The summed E-state index contributed by atoms with van der Waals surface area (Å²) in [4.78, 5) is 20.2. The molecule has 0 bridgehead atoms. The first kappa shape index (κ1) is 33.4. The summed E-state index contributed by atoms with van der Waals surface area (Å²) in [6, 6.07) is 12.7. The monoisotopic (exact) mass is 624 g/mol. The number of carbonyl (C=O) groups is 1. The van der Waals surface area contributed by atoms with Gasteiger partial charge in [0.15, 0.2) is 0 Å². The molecule has 238 valence electrons. The van der Waals surface area contributed by atoms with E-state index in [1.165, 1.54) is 18.2 Å². The van der Waals surface area contributed by atoms with Crippen molar-refractivity contribution in [2.75, 3.05) is 24.5 Å². The normalized spacial score (nSPS) is 17.3. The minimum Gasteiger partial charge on any atom is -0.478 e. The first-order chi connectivity index (χ1) is 20.5. The molecule has 2 atom stereocenters. The van der Waals surface area contributed by atoms with Crippen molar-refractivity contribution in [1.82, 2.24) is 15.3 Å². The maximum Gasteiger partial charge on any atom is 0.335 e. The van der Waals surface area contributed by atoms with Crippen molar-refractivity contribution in [3.05, 3.63) is 65.2 Å². The van der Waals surface area contributed by atoms with E-state index in [2.05, 4.69) is 54.6 Å². The zero-order valence-electron chi connectivity index (χ0n) is 26.6. The van der Waals surface area contributed by atoms with Gasteiger partial charge in [0, 0.05) is 30.8 Å². The van der Waals surface area contributed by atoms with Crippen LogP contribution in [0.25, 0.3) is 11.3 Å². The Morgan fingerprint density at radius 2 is 1.80 bits per heavy atom. The van der Waals surface area contributed by atoms with Crippen LogP contribution in [0, 0.1) is 24.7 Å². The van der Waals surface area contributed by atoms with Gasteiger partial charge in [0.2, 0.25) is 11.8 Å². The average Bonchev–Trinajstić information content (AvgIpc) is 3.26. The van der Waals surface area contributed by atoms with Gasteiger partial charge in [0.1, 0.15) is 6.61 Å². The molecular formula is C33H44N4O6S. The van der Waals surface area contributed by atoms with E-state index in [9.17, 15) is 18.3 Å². The summed E-state index contributed by atoms with van der Waals surface area (Å²) in [6.07, 6.45) is 1.94. The number of hydrogen-bond donors (Lipinski definition) is 3. The fourth-order valence-electron chi connectivity index (χ4n) is 5.44. The Morgan fingerprint density at radius 1 is 1.11 bits per heavy atom. The van der Waals surface area contributed by atoms with Crippen LogP contribution in [0.5, 0.6) is 5.88 Å². The highest BCUT2D eigenvalue weighted by atomic mass is 32.2. The largest absolute Gasteiger partial charge is 0.478 e. The van der Waals surface area contributed by atoms with Crippen LogP contribution in [-0.2, 0) is 14.8 Å². The lowest BCUT2D eigenvalue weighted by molar-refractivity contribution is 0.0575. The van der Waals surface area contributed by atoms with Crippen LogP contribution in [0.2, 0.25) is 0 Å². The van der Waals surface area contributed by atoms with Gasteiger partial charge < -0.3 is 19.9 Å². The number of anilines is 1. The first-order valence-corrected chi connectivity index (χ1v) is 16.3. The highest BCUT2D eigenvalue weighted by Crippen LogP contribution is 2.34. The van der Waals surface area contributed by atoms with Crippen molar-refractivity contribution in [1.29, 1.82) is 0 Å². The third-order valence-electron chi connectivity index (χ3n) is 7.88. The van der Waals surface area contributed by atoms with Crippen molar-refractivity contribution in [2.45, 2.75) is 78.3 Å². The van der Waals surface area contributed by atoms with Crippen LogP contribution in [-0.4, -0.2) is 61.4 Å². The number of benzene rings is 2. The Balaban J connectivity index is 1.64. The molecule has 0 aliphatic carbocycles. The second kappa shape index (κ2) is 13.2. The Kier molecular flexibility index (Phi) is 10.0. The van der Waals surface area contributed by atoms with Gasteiger partial charge in [-0.15, -0.1) is 0 Å². The van der Waals surface area contributed by atoms with Crippen molar-refractivity contribution in [2.24, 2.45) is 10.8 Å². The topological polar surface area (TPSA) is 140 Å². The lowest BCUT2D eigenvalue weighted by Crippen LogP contribution is -2.44. The number of aryl methyl sites for hydroxylation is 2. The number of rotatable bonds is 12. The lowest BCUT2D eigenvalue weighted by Gasteiger charge is -2.31. The maximum absolute atomic E-state index is 13.3. The van der Waals surface area contributed by atoms with Gasteiger partial charge in [0.05, 0.1) is 22.3 Å². The molecule has 1 aromatic heterocycles. The first-order valence-electron chi connectivity index (χ1n) is 14.8. The Labute approximate surface area is 260 Å². The Bertz CT molecular complexity index is 1580. The molecule has 2 aromatic carbocycles. The summed E-state index contributed by atoms with van der Waals surface area (Å²) >= 11 is 0. The fraction of sp³-hybridized carbons (Fsp3) is 0.485. The third kappa shape index (κ3) is 8.55. The number of sulfonamides is 1. The highest BCUT2D eigenvalue weighted by molar-refractivity contribution is 7.92. The van der Waals surface area contributed by atoms with Crippen LogP contribution in [0.4, 0.5) is 5.95 Å². The van der Waals surface area contributed by atoms with Crippen molar-refractivity contribution in [3.63, 3.8) is 0 Å². The summed E-state index contributed by atoms with van der Waals surface area (Å²) in [5.74, 6) is -1.19. The van der Waals surface area contributed by atoms with Gasteiger partial charge in [0.25, 0.3) is 10.0 Å². The summed E-state index contributed by atoms with van der Waals surface area (Å²) in [6.45, 7) is 16.6. The van der Waals surface area contributed by atoms with Gasteiger partial charge in [-0.25, -0.2) is 22.9 Å². The highest BCUT2D eigenvalue weighted by Gasteiger charge is 2.36. The molecule has 1 aliphatic heterocycles. The van der Waals surface area contributed by atoms with Crippen LogP contribution < -0.4 is 14.8 Å². The van der Waals surface area contributed by atoms with Crippen LogP contribution in [0.1, 0.15) is 68.9 Å². The molecule has 1 fully saturated rings. The smallest absolute Gasteiger partial charge is 0.335 e. The Hall–Kier alpha value is -3.54. The van der Waals surface area contributed by atoms with Crippen molar-refractivity contribution >= 4 is 21.9 Å². The maximum atomic E-state index is 13.3.